The lowest BCUT2D eigenvalue weighted by atomic mass is 9.99. The van der Waals surface area contributed by atoms with E-state index in [2.05, 4.69) is 14.9 Å². The van der Waals surface area contributed by atoms with Crippen LogP contribution >= 0.6 is 0 Å². The number of fused-ring (bicyclic) bond motifs is 1. The zero-order valence-electron chi connectivity index (χ0n) is 11.4. The van der Waals surface area contributed by atoms with Crippen LogP contribution < -0.4 is 0 Å². The Hall–Kier alpha value is -1.95. The first-order chi connectivity index (χ1) is 9.74. The molecule has 6 heteroatoms. The normalized spacial score (nSPS) is 16.4. The van der Waals surface area contributed by atoms with E-state index in [1.54, 1.807) is 23.1 Å². The lowest BCUT2D eigenvalue weighted by molar-refractivity contribution is 0.0497. The van der Waals surface area contributed by atoms with E-state index in [4.69, 9.17) is 4.74 Å². The van der Waals surface area contributed by atoms with Crippen molar-refractivity contribution in [2.24, 2.45) is 5.92 Å². The second-order valence-corrected chi connectivity index (χ2v) is 5.21. The third-order valence-electron chi connectivity index (χ3n) is 3.72. The van der Waals surface area contributed by atoms with Gasteiger partial charge in [-0.1, -0.05) is 0 Å². The number of carbonyl (C=O) groups excluding carboxylic acids is 1. The largest absolute Gasteiger partial charge is 0.381 e. The van der Waals surface area contributed by atoms with Crippen LogP contribution in [0.5, 0.6) is 0 Å². The summed E-state index contributed by atoms with van der Waals surface area (Å²) in [5, 5.41) is 7.50. The van der Waals surface area contributed by atoms with E-state index in [0.717, 1.165) is 32.6 Å². The van der Waals surface area contributed by atoms with E-state index >= 15 is 0 Å². The van der Waals surface area contributed by atoms with Crippen molar-refractivity contribution in [2.45, 2.75) is 12.8 Å². The quantitative estimate of drug-likeness (QED) is 0.853. The average Bonchev–Trinajstić information content (AvgIpc) is 2.94. The summed E-state index contributed by atoms with van der Waals surface area (Å²) in [6, 6.07) is 5.23. The maximum Gasteiger partial charge on any atom is 0.253 e. The number of hydrogen-bond acceptors (Lipinski definition) is 5. The Kier molecular flexibility index (Phi) is 3.64. The first-order valence-corrected chi connectivity index (χ1v) is 6.79. The van der Waals surface area contributed by atoms with Gasteiger partial charge >= 0.3 is 0 Å². The zero-order chi connectivity index (χ0) is 13.9. The highest BCUT2D eigenvalue weighted by Gasteiger charge is 2.20. The van der Waals surface area contributed by atoms with Crippen LogP contribution in [0.15, 0.2) is 22.8 Å². The van der Waals surface area contributed by atoms with Gasteiger partial charge in [0.2, 0.25) is 0 Å². The highest BCUT2D eigenvalue weighted by molar-refractivity contribution is 5.97. The number of benzene rings is 1. The molecule has 0 atom stereocenters. The Balaban J connectivity index is 1.70. The lowest BCUT2D eigenvalue weighted by Gasteiger charge is -2.27. The molecular weight excluding hydrogens is 258 g/mol. The van der Waals surface area contributed by atoms with Crippen molar-refractivity contribution >= 4 is 16.9 Å². The minimum Gasteiger partial charge on any atom is -0.381 e. The van der Waals surface area contributed by atoms with Gasteiger partial charge in [-0.3, -0.25) is 4.79 Å². The summed E-state index contributed by atoms with van der Waals surface area (Å²) in [5.74, 6) is 0.525. The number of carbonyl (C=O) groups is 1. The molecule has 0 aliphatic carbocycles. The molecule has 1 aromatic carbocycles. The summed E-state index contributed by atoms with van der Waals surface area (Å²) < 4.78 is 9.98. The van der Waals surface area contributed by atoms with Crippen LogP contribution in [-0.2, 0) is 4.74 Å². The first kappa shape index (κ1) is 13.1. The van der Waals surface area contributed by atoms with E-state index < -0.39 is 0 Å². The predicted molar refractivity (Wildman–Crippen MR) is 72.3 cm³/mol. The van der Waals surface area contributed by atoms with Crippen molar-refractivity contribution < 1.29 is 14.2 Å². The number of ether oxygens (including phenoxy) is 1. The van der Waals surface area contributed by atoms with Crippen molar-refractivity contribution in [3.05, 3.63) is 23.8 Å². The molecule has 0 unspecified atom stereocenters. The molecule has 20 heavy (non-hydrogen) atoms. The fourth-order valence-electron chi connectivity index (χ4n) is 2.53. The number of rotatable bonds is 3. The number of hydrogen-bond donors (Lipinski definition) is 0. The van der Waals surface area contributed by atoms with Crippen molar-refractivity contribution in [1.82, 2.24) is 15.2 Å². The molecule has 1 aromatic heterocycles. The van der Waals surface area contributed by atoms with Crippen LogP contribution in [-0.4, -0.2) is 47.9 Å². The summed E-state index contributed by atoms with van der Waals surface area (Å²) in [6.07, 6.45) is 2.04. The smallest absolute Gasteiger partial charge is 0.253 e. The van der Waals surface area contributed by atoms with E-state index in [1.807, 2.05) is 7.05 Å². The fraction of sp³-hybridized carbons (Fsp3) is 0.500. The maximum atomic E-state index is 12.4. The van der Waals surface area contributed by atoms with Gasteiger partial charge in [-0.2, -0.15) is 0 Å². The van der Waals surface area contributed by atoms with Crippen LogP contribution in [0.3, 0.4) is 0 Å². The highest BCUT2D eigenvalue weighted by atomic mass is 16.6. The van der Waals surface area contributed by atoms with E-state index in [9.17, 15) is 4.79 Å². The number of amides is 1. The van der Waals surface area contributed by atoms with E-state index in [0.29, 0.717) is 22.5 Å². The molecule has 1 amide bonds. The molecule has 0 saturated carbocycles. The molecule has 0 spiro atoms. The minimum absolute atomic E-state index is 0.00129. The molecule has 0 N–H and O–H groups in total. The summed E-state index contributed by atoms with van der Waals surface area (Å²) in [7, 11) is 1.84. The van der Waals surface area contributed by atoms with Crippen molar-refractivity contribution in [2.75, 3.05) is 26.8 Å². The first-order valence-electron chi connectivity index (χ1n) is 6.79. The molecule has 6 nitrogen and oxygen atoms in total. The molecule has 1 fully saturated rings. The summed E-state index contributed by atoms with van der Waals surface area (Å²) >= 11 is 0. The fourth-order valence-corrected chi connectivity index (χ4v) is 2.53. The van der Waals surface area contributed by atoms with Crippen molar-refractivity contribution in [3.8, 4) is 0 Å². The Morgan fingerprint density at radius 1 is 1.30 bits per heavy atom. The van der Waals surface area contributed by atoms with Gasteiger partial charge in [0.05, 0.1) is 0 Å². The van der Waals surface area contributed by atoms with Crippen LogP contribution in [0.4, 0.5) is 0 Å². The minimum atomic E-state index is 0.00129. The third kappa shape index (κ3) is 2.65. The predicted octanol–water partition coefficient (Wildman–Crippen LogP) is 1.72. The second kappa shape index (κ2) is 5.58. The van der Waals surface area contributed by atoms with Gasteiger partial charge < -0.3 is 9.64 Å². The van der Waals surface area contributed by atoms with Gasteiger partial charge in [0.25, 0.3) is 5.91 Å². The lowest BCUT2D eigenvalue weighted by Crippen LogP contribution is -2.34. The summed E-state index contributed by atoms with van der Waals surface area (Å²) in [6.45, 7) is 2.35. The Morgan fingerprint density at radius 2 is 2.05 bits per heavy atom. The van der Waals surface area contributed by atoms with Crippen molar-refractivity contribution in [3.63, 3.8) is 0 Å². The van der Waals surface area contributed by atoms with E-state index in [1.165, 1.54) is 0 Å². The van der Waals surface area contributed by atoms with Gasteiger partial charge in [0, 0.05) is 32.4 Å². The highest BCUT2D eigenvalue weighted by Crippen LogP contribution is 2.18. The van der Waals surface area contributed by atoms with Gasteiger partial charge in [-0.05, 0) is 47.3 Å². The monoisotopic (exact) mass is 275 g/mol. The molecule has 1 aliphatic rings. The maximum absolute atomic E-state index is 12.4. The van der Waals surface area contributed by atoms with Crippen LogP contribution in [0, 0.1) is 5.92 Å². The molecule has 0 bridgehead atoms. The molecule has 2 heterocycles. The van der Waals surface area contributed by atoms with Crippen LogP contribution in [0.2, 0.25) is 0 Å². The average molecular weight is 275 g/mol. The van der Waals surface area contributed by atoms with Crippen LogP contribution in [0.25, 0.3) is 11.0 Å². The standard InChI is InChI=1S/C14H17N3O3/c1-17(9-10-4-6-19-7-5-10)14(18)11-2-3-12-13(8-11)16-20-15-12/h2-3,8,10H,4-7,9H2,1H3. The Bertz CT molecular complexity index is 604. The topological polar surface area (TPSA) is 68.5 Å². The summed E-state index contributed by atoms with van der Waals surface area (Å²) in [5.41, 5.74) is 1.88. The van der Waals surface area contributed by atoms with Gasteiger partial charge in [-0.25, -0.2) is 4.63 Å². The van der Waals surface area contributed by atoms with Crippen molar-refractivity contribution in [1.29, 1.82) is 0 Å². The molecule has 1 saturated heterocycles. The molecule has 106 valence electrons. The third-order valence-corrected chi connectivity index (χ3v) is 3.72. The molecule has 1 aliphatic heterocycles. The molecule has 2 aromatic rings. The second-order valence-electron chi connectivity index (χ2n) is 5.21. The number of nitrogens with zero attached hydrogens (tertiary/aromatic N) is 3. The molecule has 0 radical (unpaired) electrons. The molecular formula is C14H17N3O3. The van der Waals surface area contributed by atoms with E-state index in [-0.39, 0.29) is 5.91 Å². The van der Waals surface area contributed by atoms with Gasteiger partial charge in [0.15, 0.2) is 0 Å². The van der Waals surface area contributed by atoms with Crippen LogP contribution in [0.1, 0.15) is 23.2 Å². The Morgan fingerprint density at radius 3 is 2.85 bits per heavy atom. The molecule has 3 rings (SSSR count). The Labute approximate surface area is 116 Å². The van der Waals surface area contributed by atoms with Gasteiger partial charge in [0.1, 0.15) is 11.0 Å². The van der Waals surface area contributed by atoms with Gasteiger partial charge in [-0.15, -0.1) is 0 Å². The summed E-state index contributed by atoms with van der Waals surface area (Å²) in [4.78, 5) is 14.2. The SMILES string of the molecule is CN(CC1CCOCC1)C(=O)c1ccc2nonc2c1. The zero-order valence-corrected chi connectivity index (χ0v) is 11.4. The number of aromatic nitrogens is 2.